The maximum atomic E-state index is 10.6. The second kappa shape index (κ2) is 5.98. The zero-order valence-corrected chi connectivity index (χ0v) is 12.5. The molecule has 0 radical (unpaired) electrons. The van der Waals surface area contributed by atoms with Crippen molar-refractivity contribution in [1.82, 2.24) is 4.98 Å². The van der Waals surface area contributed by atoms with Crippen molar-refractivity contribution in [2.75, 3.05) is 0 Å². The Morgan fingerprint density at radius 1 is 1.18 bits per heavy atom. The molecule has 0 aliphatic carbocycles. The van der Waals surface area contributed by atoms with Crippen LogP contribution in [0.5, 0.6) is 0 Å². The average molecular weight is 312 g/mol. The molecule has 0 aliphatic heterocycles. The molecule has 1 aromatic heterocycles. The van der Waals surface area contributed by atoms with Crippen molar-refractivity contribution in [3.8, 4) is 0 Å². The molecule has 1 atom stereocenters. The number of nitro benzene ring substituents is 1. The van der Waals surface area contributed by atoms with Gasteiger partial charge in [-0.25, -0.2) is 4.98 Å². The number of nitro groups is 1. The third-order valence-corrected chi connectivity index (χ3v) is 4.11. The zero-order valence-electron chi connectivity index (χ0n) is 11.7. The molecule has 6 nitrogen and oxygen atoms in total. The Balaban J connectivity index is 1.77. The van der Waals surface area contributed by atoms with E-state index in [0.29, 0.717) is 5.13 Å². The number of para-hydroxylation sites is 1. The Morgan fingerprint density at radius 3 is 2.59 bits per heavy atom. The van der Waals surface area contributed by atoms with Crippen LogP contribution >= 0.6 is 11.3 Å². The van der Waals surface area contributed by atoms with Crippen LogP contribution < -0.4 is 0 Å². The van der Waals surface area contributed by atoms with Gasteiger partial charge in [-0.1, -0.05) is 23.5 Å². The number of thiazole rings is 1. The summed E-state index contributed by atoms with van der Waals surface area (Å²) in [6.07, 6.45) is 0. The first kappa shape index (κ1) is 14.3. The van der Waals surface area contributed by atoms with Crippen molar-refractivity contribution in [2.24, 2.45) is 10.2 Å². The molecule has 3 aromatic rings. The molecular formula is C15H12N4O2S. The van der Waals surface area contributed by atoms with Crippen LogP contribution in [0.3, 0.4) is 0 Å². The fourth-order valence-corrected chi connectivity index (χ4v) is 2.77. The highest BCUT2D eigenvalue weighted by atomic mass is 32.1. The van der Waals surface area contributed by atoms with Crippen LogP contribution in [0.15, 0.2) is 58.8 Å². The van der Waals surface area contributed by atoms with Crippen LogP contribution in [0.4, 0.5) is 10.8 Å². The summed E-state index contributed by atoms with van der Waals surface area (Å²) >= 11 is 1.48. The number of fused-ring (bicyclic) bond motifs is 1. The number of nitrogens with zero attached hydrogens (tertiary/aromatic N) is 4. The summed E-state index contributed by atoms with van der Waals surface area (Å²) in [4.78, 5) is 14.6. The van der Waals surface area contributed by atoms with Gasteiger partial charge in [-0.2, -0.15) is 5.11 Å². The van der Waals surface area contributed by atoms with E-state index in [9.17, 15) is 10.1 Å². The minimum atomic E-state index is -0.420. The zero-order chi connectivity index (χ0) is 15.5. The third kappa shape index (κ3) is 2.99. The van der Waals surface area contributed by atoms with Gasteiger partial charge in [0.25, 0.3) is 5.69 Å². The summed E-state index contributed by atoms with van der Waals surface area (Å²) < 4.78 is 1.07. The number of hydrogen-bond donors (Lipinski definition) is 0. The average Bonchev–Trinajstić information content (AvgIpc) is 2.95. The maximum absolute atomic E-state index is 10.6. The molecule has 0 fully saturated rings. The molecule has 0 aliphatic rings. The van der Waals surface area contributed by atoms with E-state index in [1.165, 1.54) is 23.5 Å². The van der Waals surface area contributed by atoms with E-state index < -0.39 is 4.92 Å². The smallest absolute Gasteiger partial charge is 0.258 e. The van der Waals surface area contributed by atoms with Crippen molar-refractivity contribution in [3.05, 3.63) is 64.2 Å². The van der Waals surface area contributed by atoms with Crippen molar-refractivity contribution in [1.29, 1.82) is 0 Å². The largest absolute Gasteiger partial charge is 0.269 e. The van der Waals surface area contributed by atoms with Crippen LogP contribution in [0.2, 0.25) is 0 Å². The van der Waals surface area contributed by atoms with Crippen LogP contribution in [0.1, 0.15) is 18.5 Å². The number of rotatable bonds is 4. The van der Waals surface area contributed by atoms with Crippen molar-refractivity contribution in [2.45, 2.75) is 13.0 Å². The summed E-state index contributed by atoms with van der Waals surface area (Å²) in [7, 11) is 0. The molecule has 1 heterocycles. The van der Waals surface area contributed by atoms with Gasteiger partial charge < -0.3 is 0 Å². The lowest BCUT2D eigenvalue weighted by molar-refractivity contribution is -0.384. The monoisotopic (exact) mass is 312 g/mol. The fourth-order valence-electron chi connectivity index (χ4n) is 1.98. The van der Waals surface area contributed by atoms with Gasteiger partial charge in [0.1, 0.15) is 0 Å². The van der Waals surface area contributed by atoms with E-state index in [1.54, 1.807) is 12.1 Å². The van der Waals surface area contributed by atoms with E-state index in [0.717, 1.165) is 15.8 Å². The molecule has 7 heteroatoms. The molecule has 0 spiro atoms. The fraction of sp³-hybridized carbons (Fsp3) is 0.133. The first-order valence-electron chi connectivity index (χ1n) is 6.64. The van der Waals surface area contributed by atoms with E-state index in [-0.39, 0.29) is 11.7 Å². The summed E-state index contributed by atoms with van der Waals surface area (Å²) in [5, 5.41) is 19.7. The summed E-state index contributed by atoms with van der Waals surface area (Å²) in [5.41, 5.74) is 1.85. The lowest BCUT2D eigenvalue weighted by Gasteiger charge is -2.03. The number of azo groups is 1. The van der Waals surface area contributed by atoms with Gasteiger partial charge >= 0.3 is 0 Å². The van der Waals surface area contributed by atoms with Gasteiger partial charge in [0.15, 0.2) is 0 Å². The Hall–Kier alpha value is -2.67. The minimum absolute atomic E-state index is 0.0686. The minimum Gasteiger partial charge on any atom is -0.258 e. The van der Waals surface area contributed by atoms with Crippen molar-refractivity contribution in [3.63, 3.8) is 0 Å². The Labute approximate surface area is 130 Å². The third-order valence-electron chi connectivity index (χ3n) is 3.19. The van der Waals surface area contributed by atoms with Crippen molar-refractivity contribution < 1.29 is 4.92 Å². The highest BCUT2D eigenvalue weighted by Crippen LogP contribution is 2.29. The van der Waals surface area contributed by atoms with Gasteiger partial charge in [0, 0.05) is 12.1 Å². The number of hydrogen-bond acceptors (Lipinski definition) is 6. The van der Waals surface area contributed by atoms with E-state index in [1.807, 2.05) is 31.2 Å². The predicted molar refractivity (Wildman–Crippen MR) is 85.6 cm³/mol. The Morgan fingerprint density at radius 2 is 1.91 bits per heavy atom. The number of non-ortho nitro benzene ring substituents is 1. The summed E-state index contributed by atoms with van der Waals surface area (Å²) in [6, 6.07) is 14.0. The van der Waals surface area contributed by atoms with Crippen LogP contribution in [-0.4, -0.2) is 9.91 Å². The lowest BCUT2D eigenvalue weighted by Crippen LogP contribution is -1.91. The highest BCUT2D eigenvalue weighted by Gasteiger charge is 2.09. The standard InChI is InChI=1S/C15H12N4O2S/c1-10(11-6-8-12(9-7-11)19(20)21)17-18-15-16-13-4-2-3-5-14(13)22-15/h2-10H,1H3. The molecule has 0 saturated carbocycles. The Bertz CT molecular complexity index is 809. The second-order valence-corrected chi connectivity index (χ2v) is 5.71. The lowest BCUT2D eigenvalue weighted by atomic mass is 10.1. The number of aromatic nitrogens is 1. The van der Waals surface area contributed by atoms with Crippen molar-refractivity contribution >= 4 is 32.4 Å². The van der Waals surface area contributed by atoms with Gasteiger partial charge in [-0.05, 0) is 36.8 Å². The van der Waals surface area contributed by atoms with Crippen LogP contribution in [0.25, 0.3) is 10.2 Å². The normalized spacial score (nSPS) is 12.8. The number of benzene rings is 2. The highest BCUT2D eigenvalue weighted by molar-refractivity contribution is 7.21. The molecule has 0 N–H and O–H groups in total. The molecule has 0 saturated heterocycles. The van der Waals surface area contributed by atoms with Gasteiger partial charge in [-0.15, -0.1) is 5.11 Å². The van der Waals surface area contributed by atoms with Crippen LogP contribution in [0, 0.1) is 10.1 Å². The van der Waals surface area contributed by atoms with Gasteiger partial charge in [0.05, 0.1) is 21.2 Å². The molecular weight excluding hydrogens is 300 g/mol. The van der Waals surface area contributed by atoms with Gasteiger partial charge in [-0.3, -0.25) is 10.1 Å². The molecule has 1 unspecified atom stereocenters. The van der Waals surface area contributed by atoms with E-state index in [4.69, 9.17) is 0 Å². The van der Waals surface area contributed by atoms with Crippen LogP contribution in [-0.2, 0) is 0 Å². The molecule has 0 amide bonds. The van der Waals surface area contributed by atoms with Gasteiger partial charge in [0.2, 0.25) is 5.13 Å². The predicted octanol–water partition coefficient (Wildman–Crippen LogP) is 5.05. The maximum Gasteiger partial charge on any atom is 0.269 e. The molecule has 110 valence electrons. The summed E-state index contributed by atoms with van der Waals surface area (Å²) in [5.74, 6) is 0. The van der Waals surface area contributed by atoms with E-state index in [2.05, 4.69) is 15.2 Å². The first-order chi connectivity index (χ1) is 10.6. The second-order valence-electron chi connectivity index (χ2n) is 4.70. The molecule has 0 bridgehead atoms. The quantitative estimate of drug-likeness (QED) is 0.384. The summed E-state index contributed by atoms with van der Waals surface area (Å²) in [6.45, 7) is 1.89. The molecule has 3 rings (SSSR count). The SMILES string of the molecule is CC(N=Nc1nc2ccccc2s1)c1ccc([N+](=O)[O-])cc1. The molecule has 22 heavy (non-hydrogen) atoms. The topological polar surface area (TPSA) is 80.8 Å². The van der Waals surface area contributed by atoms with E-state index >= 15 is 0 Å². The Kier molecular flexibility index (Phi) is 3.88. The first-order valence-corrected chi connectivity index (χ1v) is 7.46. The molecule has 2 aromatic carbocycles.